The zero-order valence-corrected chi connectivity index (χ0v) is 18.0. The lowest BCUT2D eigenvalue weighted by Crippen LogP contribution is -2.62. The number of hydrogen-bond acceptors (Lipinski definition) is 4. The highest BCUT2D eigenvalue weighted by Crippen LogP contribution is 2.49. The second-order valence-electron chi connectivity index (χ2n) is 9.49. The molecule has 0 atom stereocenters. The summed E-state index contributed by atoms with van der Waals surface area (Å²) < 4.78 is 5.56. The normalized spacial score (nSPS) is 19.3. The van der Waals surface area contributed by atoms with E-state index in [1.165, 1.54) is 11.1 Å². The number of rotatable bonds is 6. The molecule has 32 heavy (non-hydrogen) atoms. The molecule has 0 unspecified atom stereocenters. The van der Waals surface area contributed by atoms with Crippen molar-refractivity contribution in [1.29, 1.82) is 0 Å². The number of alkyl carbamates (subject to hydrolysis) is 1. The molecule has 1 saturated carbocycles. The molecule has 5 rings (SSSR count). The van der Waals surface area contributed by atoms with E-state index in [2.05, 4.69) is 29.6 Å². The Hall–Kier alpha value is -3.35. The number of carbonyl (C=O) groups excluding carboxylic acids is 2. The van der Waals surface area contributed by atoms with E-state index >= 15 is 0 Å². The SMILES string of the molecule is CC1(C(=O)O)CN(C(=O)C2(CNC(=O)OCC3c4ccccc4-c4ccccc43)CC2)C1. The number of benzene rings is 2. The molecular formula is C25H26N2O5. The van der Waals surface area contributed by atoms with Crippen LogP contribution in [-0.4, -0.2) is 54.2 Å². The first-order valence-corrected chi connectivity index (χ1v) is 10.9. The van der Waals surface area contributed by atoms with Gasteiger partial charge < -0.3 is 20.1 Å². The maximum atomic E-state index is 12.8. The summed E-state index contributed by atoms with van der Waals surface area (Å²) in [6.07, 6.45) is 0.843. The first-order valence-electron chi connectivity index (χ1n) is 10.9. The lowest BCUT2D eigenvalue weighted by Gasteiger charge is -2.46. The fourth-order valence-electron chi connectivity index (χ4n) is 4.92. The lowest BCUT2D eigenvalue weighted by molar-refractivity contribution is -0.166. The second kappa shape index (κ2) is 7.36. The molecule has 0 radical (unpaired) electrons. The van der Waals surface area contributed by atoms with Crippen molar-refractivity contribution in [3.05, 3.63) is 59.7 Å². The molecule has 2 aromatic rings. The zero-order valence-electron chi connectivity index (χ0n) is 18.0. The Labute approximate surface area is 186 Å². The minimum Gasteiger partial charge on any atom is -0.481 e. The highest BCUT2D eigenvalue weighted by molar-refractivity contribution is 5.89. The van der Waals surface area contributed by atoms with Crippen molar-refractivity contribution in [3.63, 3.8) is 0 Å². The van der Waals surface area contributed by atoms with Gasteiger partial charge in [0, 0.05) is 25.6 Å². The van der Waals surface area contributed by atoms with Crippen molar-refractivity contribution in [3.8, 4) is 11.1 Å². The van der Waals surface area contributed by atoms with Gasteiger partial charge in [-0.2, -0.15) is 0 Å². The number of ether oxygens (including phenoxy) is 1. The van der Waals surface area contributed by atoms with Gasteiger partial charge in [-0.25, -0.2) is 4.79 Å². The molecule has 1 saturated heterocycles. The predicted octanol–water partition coefficient (Wildman–Crippen LogP) is 3.24. The third-order valence-electron chi connectivity index (χ3n) is 7.11. The van der Waals surface area contributed by atoms with E-state index in [0.717, 1.165) is 11.1 Å². The second-order valence-corrected chi connectivity index (χ2v) is 9.49. The van der Waals surface area contributed by atoms with Crippen LogP contribution in [0.3, 0.4) is 0 Å². The van der Waals surface area contributed by atoms with Crippen LogP contribution >= 0.6 is 0 Å². The number of carboxylic acid groups (broad SMARTS) is 1. The molecule has 3 aliphatic rings. The summed E-state index contributed by atoms with van der Waals surface area (Å²) in [5, 5.41) is 12.0. The fraction of sp³-hybridized carbons (Fsp3) is 0.400. The third-order valence-corrected chi connectivity index (χ3v) is 7.11. The average Bonchev–Trinajstić information content (AvgIpc) is 3.50. The first-order chi connectivity index (χ1) is 15.3. The quantitative estimate of drug-likeness (QED) is 0.728. The number of nitrogens with one attached hydrogen (secondary N) is 1. The summed E-state index contributed by atoms with van der Waals surface area (Å²) >= 11 is 0. The Morgan fingerprint density at radius 3 is 2.12 bits per heavy atom. The number of aliphatic carboxylic acids is 1. The van der Waals surface area contributed by atoms with Crippen LogP contribution < -0.4 is 5.32 Å². The summed E-state index contributed by atoms with van der Waals surface area (Å²) in [6, 6.07) is 16.3. The molecule has 2 amide bonds. The molecule has 7 heteroatoms. The van der Waals surface area contributed by atoms with E-state index in [9.17, 15) is 19.5 Å². The molecule has 0 bridgehead atoms. The number of fused-ring (bicyclic) bond motifs is 3. The number of carbonyl (C=O) groups is 3. The molecule has 7 nitrogen and oxygen atoms in total. The van der Waals surface area contributed by atoms with Crippen LogP contribution in [0.25, 0.3) is 11.1 Å². The van der Waals surface area contributed by atoms with E-state index in [1.54, 1.807) is 11.8 Å². The molecule has 1 aliphatic heterocycles. The Morgan fingerprint density at radius 1 is 1.03 bits per heavy atom. The van der Waals surface area contributed by atoms with E-state index in [1.807, 2.05) is 24.3 Å². The number of likely N-dealkylation sites (tertiary alicyclic amines) is 1. The Bertz CT molecular complexity index is 1060. The van der Waals surface area contributed by atoms with Crippen LogP contribution in [0.5, 0.6) is 0 Å². The maximum Gasteiger partial charge on any atom is 0.407 e. The van der Waals surface area contributed by atoms with Gasteiger partial charge in [-0.3, -0.25) is 9.59 Å². The fourth-order valence-corrected chi connectivity index (χ4v) is 4.92. The highest BCUT2D eigenvalue weighted by Gasteiger charge is 2.57. The predicted molar refractivity (Wildman–Crippen MR) is 117 cm³/mol. The molecule has 2 aromatic carbocycles. The minimum atomic E-state index is -0.886. The van der Waals surface area contributed by atoms with Gasteiger partial charge in [0.15, 0.2) is 0 Å². The summed E-state index contributed by atoms with van der Waals surface area (Å²) in [6.45, 7) is 2.52. The van der Waals surface area contributed by atoms with Gasteiger partial charge in [0.1, 0.15) is 6.61 Å². The van der Waals surface area contributed by atoms with Crippen LogP contribution in [-0.2, 0) is 14.3 Å². The number of hydrogen-bond donors (Lipinski definition) is 2. The highest BCUT2D eigenvalue weighted by atomic mass is 16.5. The molecule has 1 heterocycles. The summed E-state index contributed by atoms with van der Waals surface area (Å²) in [5.74, 6) is -0.974. The molecule has 166 valence electrons. The van der Waals surface area contributed by atoms with Gasteiger partial charge in [-0.05, 0) is 42.0 Å². The van der Waals surface area contributed by atoms with Gasteiger partial charge in [-0.15, -0.1) is 0 Å². The summed E-state index contributed by atoms with van der Waals surface area (Å²) in [4.78, 5) is 38.1. The molecule has 2 fully saturated rings. The van der Waals surface area contributed by atoms with Gasteiger partial charge in [0.25, 0.3) is 0 Å². The van der Waals surface area contributed by atoms with E-state index in [4.69, 9.17) is 4.74 Å². The molecule has 0 aromatic heterocycles. The van der Waals surface area contributed by atoms with Crippen molar-refractivity contribution >= 4 is 18.0 Å². The van der Waals surface area contributed by atoms with E-state index in [-0.39, 0.29) is 38.1 Å². The van der Waals surface area contributed by atoms with Crippen LogP contribution in [0.1, 0.15) is 36.8 Å². The summed E-state index contributed by atoms with van der Waals surface area (Å²) in [7, 11) is 0. The number of amides is 2. The van der Waals surface area contributed by atoms with Crippen LogP contribution in [0.15, 0.2) is 48.5 Å². The minimum absolute atomic E-state index is 0.0144. The van der Waals surface area contributed by atoms with Crippen molar-refractivity contribution in [1.82, 2.24) is 10.2 Å². The van der Waals surface area contributed by atoms with Gasteiger partial charge in [-0.1, -0.05) is 48.5 Å². The number of carboxylic acids is 1. The lowest BCUT2D eigenvalue weighted by atomic mass is 9.81. The van der Waals surface area contributed by atoms with Crippen molar-refractivity contribution in [2.24, 2.45) is 10.8 Å². The molecular weight excluding hydrogens is 408 g/mol. The Kier molecular flexibility index (Phi) is 4.73. The Balaban J connectivity index is 1.16. The molecule has 0 spiro atoms. The number of nitrogens with zero attached hydrogens (tertiary/aromatic N) is 1. The van der Waals surface area contributed by atoms with Gasteiger partial charge in [0.2, 0.25) is 5.91 Å². The van der Waals surface area contributed by atoms with Crippen molar-refractivity contribution < 1.29 is 24.2 Å². The average molecular weight is 434 g/mol. The van der Waals surface area contributed by atoms with E-state index in [0.29, 0.717) is 12.8 Å². The third kappa shape index (κ3) is 3.32. The van der Waals surface area contributed by atoms with Crippen LogP contribution in [0.4, 0.5) is 4.79 Å². The van der Waals surface area contributed by atoms with E-state index < -0.39 is 22.9 Å². The maximum absolute atomic E-state index is 12.8. The van der Waals surface area contributed by atoms with Crippen molar-refractivity contribution in [2.75, 3.05) is 26.2 Å². The zero-order chi connectivity index (χ0) is 22.5. The topological polar surface area (TPSA) is 95.9 Å². The first kappa shape index (κ1) is 20.5. The Morgan fingerprint density at radius 2 is 1.59 bits per heavy atom. The monoisotopic (exact) mass is 434 g/mol. The van der Waals surface area contributed by atoms with Crippen LogP contribution in [0.2, 0.25) is 0 Å². The molecule has 2 N–H and O–H groups in total. The van der Waals surface area contributed by atoms with Gasteiger partial charge in [0.05, 0.1) is 10.8 Å². The summed E-state index contributed by atoms with van der Waals surface area (Å²) in [5.41, 5.74) is 3.14. The van der Waals surface area contributed by atoms with Crippen LogP contribution in [0, 0.1) is 10.8 Å². The van der Waals surface area contributed by atoms with Gasteiger partial charge >= 0.3 is 12.1 Å². The smallest absolute Gasteiger partial charge is 0.407 e. The standard InChI is InChI=1S/C25H26N2O5/c1-24(22(29)30)14-27(15-24)21(28)25(10-11-25)13-26-23(31)32-12-20-18-8-4-2-6-16(18)17-7-3-5-9-19(17)20/h2-9,20H,10-15H2,1H3,(H,26,31)(H,29,30). The largest absolute Gasteiger partial charge is 0.481 e. The molecule has 2 aliphatic carbocycles. The van der Waals surface area contributed by atoms with Crippen molar-refractivity contribution in [2.45, 2.75) is 25.7 Å².